The number of rotatable bonds is 3. The zero-order chi connectivity index (χ0) is 9.28. The number of hydrogen-bond donors (Lipinski definition) is 0. The molecule has 1 heteroatoms. The average Bonchev–Trinajstić information content (AvgIpc) is 2.03. The number of likely N-dealkylation sites (N-methyl/N-ethyl adjacent to an activating group) is 1. The van der Waals surface area contributed by atoms with Crippen LogP contribution in [0, 0.1) is 0 Å². The van der Waals surface area contributed by atoms with Crippen molar-refractivity contribution >= 4 is 0 Å². The topological polar surface area (TPSA) is 3.24 Å². The molecule has 66 valence electrons. The maximum Gasteiger partial charge on any atom is 0.0352 e. The minimum atomic E-state index is 0.964. The summed E-state index contributed by atoms with van der Waals surface area (Å²) in [4.78, 5) is 2.10. The first-order valence-electron chi connectivity index (χ1n) is 4.16. The summed E-state index contributed by atoms with van der Waals surface area (Å²) in [6.45, 7) is 12.8. The molecule has 0 heterocycles. The second-order valence-electron chi connectivity index (χ2n) is 2.18. The Labute approximate surface area is 71.4 Å². The molecule has 0 atom stereocenters. The first kappa shape index (κ1) is 12.9. The molecule has 0 bridgehead atoms. The molecule has 0 aliphatic carbocycles. The fourth-order valence-corrected chi connectivity index (χ4v) is 0.419. The highest BCUT2D eigenvalue weighted by Crippen LogP contribution is 1.94. The Hall–Kier alpha value is -0.720. The van der Waals surface area contributed by atoms with Gasteiger partial charge in [0.05, 0.1) is 0 Å². The minimum absolute atomic E-state index is 0.964. The van der Waals surface area contributed by atoms with E-state index in [1.165, 1.54) is 0 Å². The lowest BCUT2D eigenvalue weighted by molar-refractivity contribution is 0.468. The fraction of sp³-hybridized carbons (Fsp3) is 0.600. The molecule has 0 aromatic carbocycles. The lowest BCUT2D eigenvalue weighted by atomic mass is 10.4. The number of allylic oxidation sites excluding steroid dienone is 2. The van der Waals surface area contributed by atoms with E-state index in [2.05, 4.69) is 17.6 Å². The van der Waals surface area contributed by atoms with Crippen LogP contribution in [-0.4, -0.2) is 18.5 Å². The quantitative estimate of drug-likeness (QED) is 0.566. The molecule has 0 rings (SSSR count). The first-order valence-corrected chi connectivity index (χ1v) is 4.16. The van der Waals surface area contributed by atoms with Gasteiger partial charge in [-0.3, -0.25) is 0 Å². The van der Waals surface area contributed by atoms with Gasteiger partial charge in [-0.05, 0) is 13.8 Å². The highest BCUT2D eigenvalue weighted by Gasteiger charge is 1.89. The van der Waals surface area contributed by atoms with Crippen LogP contribution in [0.4, 0.5) is 0 Å². The summed E-state index contributed by atoms with van der Waals surface area (Å²) in [6.07, 6.45) is 4.15. The van der Waals surface area contributed by atoms with E-state index in [9.17, 15) is 0 Å². The molecule has 0 spiro atoms. The summed E-state index contributed by atoms with van der Waals surface area (Å²) in [5, 5.41) is 0. The maximum absolute atomic E-state index is 3.80. The van der Waals surface area contributed by atoms with Gasteiger partial charge in [-0.2, -0.15) is 0 Å². The van der Waals surface area contributed by atoms with Crippen molar-refractivity contribution in [3.63, 3.8) is 0 Å². The van der Waals surface area contributed by atoms with Crippen LogP contribution in [0.3, 0.4) is 0 Å². The predicted molar refractivity (Wildman–Crippen MR) is 53.6 cm³/mol. The van der Waals surface area contributed by atoms with E-state index in [1.807, 2.05) is 40.8 Å². The third kappa shape index (κ3) is 9.28. The highest BCUT2D eigenvalue weighted by molar-refractivity contribution is 4.91. The van der Waals surface area contributed by atoms with E-state index >= 15 is 0 Å². The SMILES string of the molecule is C=C(C)N(C)C/C=C\C.CC. The van der Waals surface area contributed by atoms with E-state index in [-0.39, 0.29) is 0 Å². The molecule has 1 nitrogen and oxygen atoms in total. The van der Waals surface area contributed by atoms with Crippen molar-refractivity contribution in [3.05, 3.63) is 24.4 Å². The highest BCUT2D eigenvalue weighted by atomic mass is 15.1. The zero-order valence-electron chi connectivity index (χ0n) is 8.52. The Bertz CT molecular complexity index is 114. The van der Waals surface area contributed by atoms with Gasteiger partial charge in [0.1, 0.15) is 0 Å². The lowest BCUT2D eigenvalue weighted by Crippen LogP contribution is -2.14. The summed E-state index contributed by atoms with van der Waals surface area (Å²) < 4.78 is 0. The average molecular weight is 155 g/mol. The molecule has 0 saturated carbocycles. The third-order valence-electron chi connectivity index (χ3n) is 1.27. The van der Waals surface area contributed by atoms with Gasteiger partial charge >= 0.3 is 0 Å². The molecule has 0 radical (unpaired) electrons. The normalized spacial score (nSPS) is 8.82. The van der Waals surface area contributed by atoms with E-state index in [0.717, 1.165) is 12.2 Å². The van der Waals surface area contributed by atoms with Crippen LogP contribution in [0.15, 0.2) is 24.4 Å². The Kier molecular flexibility index (Phi) is 10.9. The Morgan fingerprint density at radius 3 is 2.18 bits per heavy atom. The van der Waals surface area contributed by atoms with Crippen molar-refractivity contribution in [3.8, 4) is 0 Å². The van der Waals surface area contributed by atoms with Gasteiger partial charge in [0.2, 0.25) is 0 Å². The van der Waals surface area contributed by atoms with Crippen molar-refractivity contribution in [1.29, 1.82) is 0 Å². The molecule has 0 N–H and O–H groups in total. The van der Waals surface area contributed by atoms with E-state index in [0.29, 0.717) is 0 Å². The summed E-state index contributed by atoms with van der Waals surface area (Å²) in [7, 11) is 2.03. The molecule has 0 fully saturated rings. The van der Waals surface area contributed by atoms with Crippen LogP contribution < -0.4 is 0 Å². The van der Waals surface area contributed by atoms with Gasteiger partial charge < -0.3 is 4.90 Å². The summed E-state index contributed by atoms with van der Waals surface area (Å²) in [5.41, 5.74) is 1.10. The maximum atomic E-state index is 3.80. The molecule has 0 saturated heterocycles. The summed E-state index contributed by atoms with van der Waals surface area (Å²) in [5.74, 6) is 0. The van der Waals surface area contributed by atoms with Gasteiger partial charge in [0.15, 0.2) is 0 Å². The van der Waals surface area contributed by atoms with Gasteiger partial charge in [0, 0.05) is 19.3 Å². The van der Waals surface area contributed by atoms with Gasteiger partial charge in [-0.15, -0.1) is 0 Å². The van der Waals surface area contributed by atoms with Crippen molar-refractivity contribution in [2.24, 2.45) is 0 Å². The molecule has 0 amide bonds. The molecular formula is C10H21N. The van der Waals surface area contributed by atoms with Crippen LogP contribution in [0.2, 0.25) is 0 Å². The Morgan fingerprint density at radius 2 is 1.91 bits per heavy atom. The lowest BCUT2D eigenvalue weighted by Gasteiger charge is -2.15. The summed E-state index contributed by atoms with van der Waals surface area (Å²) >= 11 is 0. The second kappa shape index (κ2) is 9.28. The second-order valence-corrected chi connectivity index (χ2v) is 2.18. The smallest absolute Gasteiger partial charge is 0.0352 e. The third-order valence-corrected chi connectivity index (χ3v) is 1.27. The van der Waals surface area contributed by atoms with Crippen molar-refractivity contribution < 1.29 is 0 Å². The molecule has 11 heavy (non-hydrogen) atoms. The van der Waals surface area contributed by atoms with E-state index in [1.54, 1.807) is 0 Å². The summed E-state index contributed by atoms with van der Waals surface area (Å²) in [6, 6.07) is 0. The predicted octanol–water partition coefficient (Wildman–Crippen LogP) is 3.05. The van der Waals surface area contributed by atoms with Crippen molar-refractivity contribution in [2.75, 3.05) is 13.6 Å². The fourth-order valence-electron chi connectivity index (χ4n) is 0.419. The minimum Gasteiger partial charge on any atom is -0.375 e. The van der Waals surface area contributed by atoms with Crippen LogP contribution in [0.1, 0.15) is 27.7 Å². The van der Waals surface area contributed by atoms with Crippen LogP contribution in [-0.2, 0) is 0 Å². The van der Waals surface area contributed by atoms with Crippen LogP contribution in [0.5, 0.6) is 0 Å². The van der Waals surface area contributed by atoms with Gasteiger partial charge in [0.25, 0.3) is 0 Å². The standard InChI is InChI=1S/C8H15N.C2H6/c1-5-6-7-9(4)8(2)3;1-2/h5-6H,2,7H2,1,3-4H3;1-2H3/b6-5-;. The number of nitrogens with zero attached hydrogens (tertiary/aromatic N) is 1. The van der Waals surface area contributed by atoms with E-state index < -0.39 is 0 Å². The number of hydrogen-bond acceptors (Lipinski definition) is 1. The Balaban J connectivity index is 0. The molecule has 0 unspecified atom stereocenters. The van der Waals surface area contributed by atoms with Crippen LogP contribution in [0.25, 0.3) is 0 Å². The van der Waals surface area contributed by atoms with Gasteiger partial charge in [-0.1, -0.05) is 32.6 Å². The Morgan fingerprint density at radius 1 is 1.45 bits per heavy atom. The first-order chi connectivity index (χ1) is 5.18. The molecular weight excluding hydrogens is 134 g/mol. The van der Waals surface area contributed by atoms with Crippen molar-refractivity contribution in [2.45, 2.75) is 27.7 Å². The largest absolute Gasteiger partial charge is 0.375 e. The van der Waals surface area contributed by atoms with Crippen molar-refractivity contribution in [1.82, 2.24) is 4.90 Å². The molecule has 0 aliphatic rings. The van der Waals surface area contributed by atoms with Gasteiger partial charge in [-0.25, -0.2) is 0 Å². The van der Waals surface area contributed by atoms with E-state index in [4.69, 9.17) is 0 Å². The monoisotopic (exact) mass is 155 g/mol. The molecule has 0 aliphatic heterocycles. The molecule has 0 aromatic rings. The molecule has 0 aromatic heterocycles. The zero-order valence-corrected chi connectivity index (χ0v) is 8.52. The van der Waals surface area contributed by atoms with Crippen LogP contribution >= 0.6 is 0 Å².